The Bertz CT molecular complexity index is 725. The van der Waals surface area contributed by atoms with Crippen LogP contribution in [0.1, 0.15) is 6.92 Å². The van der Waals surface area contributed by atoms with E-state index < -0.39 is 0 Å². The predicted molar refractivity (Wildman–Crippen MR) is 76.2 cm³/mol. The van der Waals surface area contributed by atoms with E-state index in [1.54, 1.807) is 11.3 Å². The smallest absolute Gasteiger partial charge is 0.321 e. The SMILES string of the molecule is CCOc1nc(N)nc(-c2cccc3ccsc23)n1. The number of fused-ring (bicyclic) bond motifs is 1. The largest absolute Gasteiger partial charge is 0.464 e. The van der Waals surface area contributed by atoms with Crippen molar-refractivity contribution in [2.75, 3.05) is 12.3 Å². The quantitative estimate of drug-likeness (QED) is 0.793. The summed E-state index contributed by atoms with van der Waals surface area (Å²) >= 11 is 1.65. The number of nitrogen functional groups attached to an aromatic ring is 1. The summed E-state index contributed by atoms with van der Waals surface area (Å²) in [6.45, 7) is 2.37. The maximum Gasteiger partial charge on any atom is 0.321 e. The molecule has 3 rings (SSSR count). The minimum atomic E-state index is 0.169. The normalized spacial score (nSPS) is 10.8. The molecule has 0 amide bonds. The molecule has 0 unspecified atom stereocenters. The van der Waals surface area contributed by atoms with Crippen LogP contribution in [0.2, 0.25) is 0 Å². The van der Waals surface area contributed by atoms with Gasteiger partial charge in [0.25, 0.3) is 0 Å². The Morgan fingerprint density at radius 2 is 2.11 bits per heavy atom. The minimum absolute atomic E-state index is 0.169. The maximum atomic E-state index is 5.71. The first-order chi connectivity index (χ1) is 9.28. The highest BCUT2D eigenvalue weighted by Crippen LogP contribution is 2.31. The molecule has 2 N–H and O–H groups in total. The van der Waals surface area contributed by atoms with Crippen LogP contribution >= 0.6 is 11.3 Å². The number of ether oxygens (including phenoxy) is 1. The molecule has 0 bridgehead atoms. The molecule has 0 saturated carbocycles. The minimum Gasteiger partial charge on any atom is -0.464 e. The predicted octanol–water partition coefficient (Wildman–Crippen LogP) is 2.73. The van der Waals surface area contributed by atoms with Gasteiger partial charge in [0.05, 0.1) is 6.61 Å². The zero-order valence-corrected chi connectivity index (χ0v) is 11.1. The first-order valence-corrected chi connectivity index (χ1v) is 6.77. The molecule has 0 aliphatic heterocycles. The molecule has 0 atom stereocenters. The zero-order valence-electron chi connectivity index (χ0n) is 10.3. The van der Waals surface area contributed by atoms with Crippen LogP contribution in [0.25, 0.3) is 21.5 Å². The lowest BCUT2D eigenvalue weighted by Crippen LogP contribution is -2.04. The molecular weight excluding hydrogens is 260 g/mol. The summed E-state index contributed by atoms with van der Waals surface area (Å²) in [7, 11) is 0. The van der Waals surface area contributed by atoms with Crippen LogP contribution in [0.5, 0.6) is 6.01 Å². The first kappa shape index (κ1) is 11.9. The van der Waals surface area contributed by atoms with Gasteiger partial charge in [-0.3, -0.25) is 0 Å². The molecule has 3 aromatic rings. The third-order valence-electron chi connectivity index (χ3n) is 2.63. The Morgan fingerprint density at radius 3 is 2.95 bits per heavy atom. The fraction of sp³-hybridized carbons (Fsp3) is 0.154. The van der Waals surface area contributed by atoms with E-state index in [1.165, 1.54) is 5.39 Å². The van der Waals surface area contributed by atoms with Gasteiger partial charge >= 0.3 is 6.01 Å². The van der Waals surface area contributed by atoms with E-state index in [1.807, 2.05) is 24.4 Å². The fourth-order valence-electron chi connectivity index (χ4n) is 1.86. The van der Waals surface area contributed by atoms with E-state index in [2.05, 4.69) is 27.1 Å². The molecule has 0 aliphatic carbocycles. The fourth-order valence-corrected chi connectivity index (χ4v) is 2.76. The number of nitrogens with two attached hydrogens (primary N) is 1. The summed E-state index contributed by atoms with van der Waals surface area (Å²) in [5.74, 6) is 0.714. The Morgan fingerprint density at radius 1 is 1.21 bits per heavy atom. The van der Waals surface area contributed by atoms with Gasteiger partial charge in [-0.25, -0.2) is 0 Å². The van der Waals surface area contributed by atoms with Crippen molar-refractivity contribution in [2.24, 2.45) is 0 Å². The van der Waals surface area contributed by atoms with Crippen molar-refractivity contribution >= 4 is 27.4 Å². The van der Waals surface area contributed by atoms with Gasteiger partial charge in [-0.1, -0.05) is 12.1 Å². The monoisotopic (exact) mass is 272 g/mol. The van der Waals surface area contributed by atoms with E-state index in [0.29, 0.717) is 12.4 Å². The molecule has 96 valence electrons. The summed E-state index contributed by atoms with van der Waals surface area (Å²) < 4.78 is 6.44. The number of thiophene rings is 1. The summed E-state index contributed by atoms with van der Waals surface area (Å²) in [5, 5.41) is 3.21. The second-order valence-corrected chi connectivity index (χ2v) is 4.79. The third-order valence-corrected chi connectivity index (χ3v) is 3.59. The number of hydrogen-bond acceptors (Lipinski definition) is 6. The Balaban J connectivity index is 2.18. The number of benzene rings is 1. The van der Waals surface area contributed by atoms with Crippen molar-refractivity contribution in [3.63, 3.8) is 0 Å². The maximum absolute atomic E-state index is 5.71. The van der Waals surface area contributed by atoms with E-state index in [9.17, 15) is 0 Å². The summed E-state index contributed by atoms with van der Waals surface area (Å²) in [6.07, 6.45) is 0. The highest BCUT2D eigenvalue weighted by Gasteiger charge is 2.11. The van der Waals surface area contributed by atoms with Crippen LogP contribution in [0.3, 0.4) is 0 Å². The van der Waals surface area contributed by atoms with Crippen molar-refractivity contribution in [1.29, 1.82) is 0 Å². The van der Waals surface area contributed by atoms with Gasteiger partial charge in [0.2, 0.25) is 5.95 Å². The number of hydrogen-bond donors (Lipinski definition) is 1. The van der Waals surface area contributed by atoms with E-state index in [4.69, 9.17) is 10.5 Å². The lowest BCUT2D eigenvalue weighted by molar-refractivity contribution is 0.312. The summed E-state index contributed by atoms with van der Waals surface area (Å²) in [6, 6.07) is 8.34. The number of anilines is 1. The zero-order chi connectivity index (χ0) is 13.2. The third kappa shape index (κ3) is 2.22. The molecule has 19 heavy (non-hydrogen) atoms. The van der Waals surface area contributed by atoms with Crippen LogP contribution < -0.4 is 10.5 Å². The summed E-state index contributed by atoms with van der Waals surface area (Å²) in [5.41, 5.74) is 6.65. The van der Waals surface area contributed by atoms with Crippen molar-refractivity contribution in [3.05, 3.63) is 29.6 Å². The van der Waals surface area contributed by atoms with Crippen molar-refractivity contribution in [1.82, 2.24) is 15.0 Å². The van der Waals surface area contributed by atoms with Gasteiger partial charge < -0.3 is 10.5 Å². The van der Waals surface area contributed by atoms with Crippen LogP contribution in [0.4, 0.5) is 5.95 Å². The van der Waals surface area contributed by atoms with Gasteiger partial charge in [0, 0.05) is 10.3 Å². The Hall–Kier alpha value is -2.21. The molecule has 6 heteroatoms. The van der Waals surface area contributed by atoms with E-state index >= 15 is 0 Å². The molecule has 0 spiro atoms. The second kappa shape index (κ2) is 4.81. The van der Waals surface area contributed by atoms with Gasteiger partial charge in [0.15, 0.2) is 5.82 Å². The molecule has 5 nitrogen and oxygen atoms in total. The molecule has 2 heterocycles. The highest BCUT2D eigenvalue weighted by atomic mass is 32.1. The van der Waals surface area contributed by atoms with Crippen molar-refractivity contribution < 1.29 is 4.74 Å². The topological polar surface area (TPSA) is 73.9 Å². The van der Waals surface area contributed by atoms with Crippen LogP contribution in [-0.4, -0.2) is 21.6 Å². The number of rotatable bonds is 3. The molecule has 0 radical (unpaired) electrons. The van der Waals surface area contributed by atoms with Gasteiger partial charge in [-0.05, 0) is 29.8 Å². The molecule has 0 aliphatic rings. The van der Waals surface area contributed by atoms with Crippen molar-refractivity contribution in [2.45, 2.75) is 6.92 Å². The molecule has 1 aromatic carbocycles. The van der Waals surface area contributed by atoms with Crippen LogP contribution in [0.15, 0.2) is 29.6 Å². The first-order valence-electron chi connectivity index (χ1n) is 5.89. The average Bonchev–Trinajstić information content (AvgIpc) is 2.86. The average molecular weight is 272 g/mol. The van der Waals surface area contributed by atoms with Crippen molar-refractivity contribution in [3.8, 4) is 17.4 Å². The lowest BCUT2D eigenvalue weighted by atomic mass is 10.1. The Labute approximate surface area is 114 Å². The molecule has 0 fully saturated rings. The van der Waals surface area contributed by atoms with E-state index in [-0.39, 0.29) is 12.0 Å². The number of aromatic nitrogens is 3. The van der Waals surface area contributed by atoms with Gasteiger partial charge in [-0.15, -0.1) is 11.3 Å². The number of nitrogens with zero attached hydrogens (tertiary/aromatic N) is 3. The second-order valence-electron chi connectivity index (χ2n) is 3.88. The molecule has 0 saturated heterocycles. The van der Waals surface area contributed by atoms with Gasteiger partial charge in [-0.2, -0.15) is 15.0 Å². The van der Waals surface area contributed by atoms with Gasteiger partial charge in [0.1, 0.15) is 0 Å². The molecule has 2 aromatic heterocycles. The van der Waals surface area contributed by atoms with E-state index in [0.717, 1.165) is 10.3 Å². The lowest BCUT2D eigenvalue weighted by Gasteiger charge is -2.05. The summed E-state index contributed by atoms with van der Waals surface area (Å²) in [4.78, 5) is 12.5. The standard InChI is InChI=1S/C13H12N4OS/c1-2-18-13-16-11(15-12(14)17-13)9-5-3-4-8-6-7-19-10(8)9/h3-7H,2H2,1H3,(H2,14,15,16,17). The Kier molecular flexibility index (Phi) is 3.00. The highest BCUT2D eigenvalue weighted by molar-refractivity contribution is 7.17. The van der Waals surface area contributed by atoms with Crippen LogP contribution in [0, 0.1) is 0 Å². The molecular formula is C13H12N4OS. The van der Waals surface area contributed by atoms with Crippen LogP contribution in [-0.2, 0) is 0 Å².